The van der Waals surface area contributed by atoms with Gasteiger partial charge in [0.05, 0.1) is 12.3 Å². The average molecular weight is 440 g/mol. The van der Waals surface area contributed by atoms with Crippen molar-refractivity contribution in [1.29, 1.82) is 0 Å². The van der Waals surface area contributed by atoms with E-state index in [0.717, 1.165) is 29.7 Å². The first-order valence-electron chi connectivity index (χ1n) is 10.9. The number of nitrogens with zero attached hydrogens (tertiary/aromatic N) is 1. The van der Waals surface area contributed by atoms with Crippen LogP contribution < -0.4 is 15.6 Å². The molecule has 33 heavy (non-hydrogen) atoms. The molecule has 2 N–H and O–H groups in total. The van der Waals surface area contributed by atoms with E-state index >= 15 is 0 Å². The van der Waals surface area contributed by atoms with Gasteiger partial charge in [0.2, 0.25) is 0 Å². The molecule has 0 radical (unpaired) electrons. The molecule has 0 aliphatic rings. The maximum Gasteiger partial charge on any atom is 0.277 e. The van der Waals surface area contributed by atoms with E-state index in [1.807, 2.05) is 60.7 Å². The van der Waals surface area contributed by atoms with E-state index in [9.17, 15) is 9.59 Å². The van der Waals surface area contributed by atoms with Crippen molar-refractivity contribution in [2.24, 2.45) is 0 Å². The summed E-state index contributed by atoms with van der Waals surface area (Å²) in [4.78, 5) is 26.1. The highest BCUT2D eigenvalue weighted by Crippen LogP contribution is 2.32. The Bertz CT molecular complexity index is 1270. The molecule has 0 aliphatic carbocycles. The van der Waals surface area contributed by atoms with Gasteiger partial charge in [-0.15, -0.1) is 0 Å². The van der Waals surface area contributed by atoms with E-state index < -0.39 is 11.5 Å². The van der Waals surface area contributed by atoms with Crippen LogP contribution in [0.25, 0.3) is 22.4 Å². The summed E-state index contributed by atoms with van der Waals surface area (Å²) in [7, 11) is 0. The van der Waals surface area contributed by atoms with Crippen LogP contribution in [0.15, 0.2) is 89.7 Å². The lowest BCUT2D eigenvalue weighted by molar-refractivity contribution is 0.102. The third-order valence-electron chi connectivity index (χ3n) is 5.20. The topological polar surface area (TPSA) is 84.1 Å². The number of carbonyl (C=O) groups excluding carboxylic acids is 1. The molecule has 6 nitrogen and oxygen atoms in total. The summed E-state index contributed by atoms with van der Waals surface area (Å²) in [5.74, 6) is 0.230. The second-order valence-electron chi connectivity index (χ2n) is 7.56. The average Bonchev–Trinajstić information content (AvgIpc) is 2.86. The van der Waals surface area contributed by atoms with E-state index in [-0.39, 0.29) is 5.56 Å². The van der Waals surface area contributed by atoms with E-state index in [1.54, 1.807) is 24.3 Å². The number of carbonyl (C=O) groups is 1. The summed E-state index contributed by atoms with van der Waals surface area (Å²) in [5, 5.41) is 9.62. The van der Waals surface area contributed by atoms with Crippen LogP contribution in [0.2, 0.25) is 0 Å². The number of H-pyrrole nitrogens is 1. The molecule has 1 amide bonds. The number of hydrogen-bond acceptors (Lipinski definition) is 4. The molecule has 0 saturated carbocycles. The van der Waals surface area contributed by atoms with Gasteiger partial charge in [0.15, 0.2) is 0 Å². The molecule has 1 aromatic heterocycles. The largest absolute Gasteiger partial charge is 0.494 e. The van der Waals surface area contributed by atoms with Crippen LogP contribution in [0, 0.1) is 0 Å². The molecule has 0 aliphatic heterocycles. The zero-order chi connectivity index (χ0) is 23.0. The summed E-state index contributed by atoms with van der Waals surface area (Å²) in [6.45, 7) is 2.76. The number of amides is 1. The van der Waals surface area contributed by atoms with Gasteiger partial charge in [0, 0.05) is 16.8 Å². The van der Waals surface area contributed by atoms with E-state index in [1.165, 1.54) is 0 Å². The molecule has 0 spiro atoms. The fourth-order valence-electron chi connectivity index (χ4n) is 3.52. The lowest BCUT2D eigenvalue weighted by Gasteiger charge is -2.14. The van der Waals surface area contributed by atoms with Crippen molar-refractivity contribution in [3.8, 4) is 28.1 Å². The Morgan fingerprint density at radius 1 is 0.909 bits per heavy atom. The fourth-order valence-corrected chi connectivity index (χ4v) is 3.52. The van der Waals surface area contributed by atoms with Crippen molar-refractivity contribution in [2.45, 2.75) is 19.8 Å². The highest BCUT2D eigenvalue weighted by Gasteiger charge is 2.23. The highest BCUT2D eigenvalue weighted by molar-refractivity contribution is 6.10. The number of nitrogens with one attached hydrogen (secondary N) is 2. The van der Waals surface area contributed by atoms with Crippen molar-refractivity contribution in [3.63, 3.8) is 0 Å². The van der Waals surface area contributed by atoms with Crippen LogP contribution in [0.4, 0.5) is 5.69 Å². The first-order valence-corrected chi connectivity index (χ1v) is 10.9. The Balaban J connectivity index is 1.71. The number of aromatic nitrogens is 2. The summed E-state index contributed by atoms with van der Waals surface area (Å²) < 4.78 is 5.68. The van der Waals surface area contributed by atoms with Crippen molar-refractivity contribution in [2.75, 3.05) is 11.9 Å². The van der Waals surface area contributed by atoms with Gasteiger partial charge < -0.3 is 10.1 Å². The van der Waals surface area contributed by atoms with Crippen molar-refractivity contribution < 1.29 is 9.53 Å². The molecule has 0 saturated heterocycles. The Hall–Kier alpha value is -4.19. The van der Waals surface area contributed by atoms with Gasteiger partial charge in [-0.05, 0) is 36.2 Å². The first kappa shape index (κ1) is 22.0. The predicted molar refractivity (Wildman–Crippen MR) is 131 cm³/mol. The minimum Gasteiger partial charge on any atom is -0.494 e. The van der Waals surface area contributed by atoms with E-state index in [2.05, 4.69) is 22.4 Å². The van der Waals surface area contributed by atoms with Gasteiger partial charge in [-0.1, -0.05) is 74.0 Å². The second kappa shape index (κ2) is 10.4. The van der Waals surface area contributed by atoms with Crippen LogP contribution in [0.5, 0.6) is 5.75 Å². The predicted octanol–water partition coefficient (Wildman–Crippen LogP) is 5.54. The molecule has 166 valence electrons. The van der Waals surface area contributed by atoms with Gasteiger partial charge in [0.25, 0.3) is 11.5 Å². The molecule has 0 bridgehead atoms. The van der Waals surface area contributed by atoms with Crippen LogP contribution in [-0.4, -0.2) is 22.7 Å². The van der Waals surface area contributed by atoms with Gasteiger partial charge in [0.1, 0.15) is 11.3 Å². The maximum atomic E-state index is 13.3. The van der Waals surface area contributed by atoms with E-state index in [4.69, 9.17) is 4.74 Å². The quantitative estimate of drug-likeness (QED) is 0.353. The van der Waals surface area contributed by atoms with Crippen molar-refractivity contribution in [3.05, 3.63) is 101 Å². The van der Waals surface area contributed by atoms with Gasteiger partial charge in [-0.25, -0.2) is 5.10 Å². The summed E-state index contributed by atoms with van der Waals surface area (Å²) in [6.07, 6.45) is 2.04. The molecule has 6 heteroatoms. The molecular formula is C27H25N3O3. The Labute approximate surface area is 192 Å². The number of anilines is 1. The Kier molecular flexibility index (Phi) is 6.95. The van der Waals surface area contributed by atoms with Crippen LogP contribution in [-0.2, 0) is 0 Å². The van der Waals surface area contributed by atoms with E-state index in [0.29, 0.717) is 23.6 Å². The maximum absolute atomic E-state index is 13.3. The van der Waals surface area contributed by atoms with Gasteiger partial charge >= 0.3 is 0 Å². The third-order valence-corrected chi connectivity index (χ3v) is 5.20. The number of benzene rings is 3. The number of aromatic amines is 1. The van der Waals surface area contributed by atoms with Crippen molar-refractivity contribution >= 4 is 11.6 Å². The smallest absolute Gasteiger partial charge is 0.277 e. The second-order valence-corrected chi connectivity index (χ2v) is 7.56. The van der Waals surface area contributed by atoms with Crippen LogP contribution >= 0.6 is 0 Å². The van der Waals surface area contributed by atoms with Gasteiger partial charge in [-0.3, -0.25) is 9.59 Å². The van der Waals surface area contributed by atoms with Gasteiger partial charge in [-0.2, -0.15) is 5.10 Å². The monoisotopic (exact) mass is 439 g/mol. The molecule has 0 unspecified atom stereocenters. The third kappa shape index (κ3) is 5.18. The number of ether oxygens (including phenoxy) is 1. The highest BCUT2D eigenvalue weighted by atomic mass is 16.5. The lowest BCUT2D eigenvalue weighted by atomic mass is 9.95. The molecule has 4 aromatic rings. The lowest BCUT2D eigenvalue weighted by Crippen LogP contribution is -2.26. The van der Waals surface area contributed by atoms with Crippen LogP contribution in [0.1, 0.15) is 30.1 Å². The minimum atomic E-state index is -0.550. The minimum absolute atomic E-state index is 0.0123. The Morgan fingerprint density at radius 2 is 1.55 bits per heavy atom. The zero-order valence-electron chi connectivity index (χ0n) is 18.4. The molecule has 4 rings (SSSR count). The van der Waals surface area contributed by atoms with Crippen molar-refractivity contribution in [1.82, 2.24) is 10.2 Å². The summed E-state index contributed by atoms with van der Waals surface area (Å²) in [6, 6.07) is 25.9. The number of unbranched alkanes of at least 4 members (excludes halogenated alkanes) is 1. The Morgan fingerprint density at radius 3 is 2.18 bits per heavy atom. The first-order chi connectivity index (χ1) is 16.2. The number of hydrogen-bond donors (Lipinski definition) is 2. The molecule has 3 aromatic carbocycles. The summed E-state index contributed by atoms with van der Waals surface area (Å²) in [5.41, 5.74) is 2.59. The molecular weight excluding hydrogens is 414 g/mol. The molecule has 0 atom stereocenters. The zero-order valence-corrected chi connectivity index (χ0v) is 18.4. The standard InChI is InChI=1S/C27H25N3O3/c1-2-3-18-33-22-16-14-21(15-17-22)28-26(31)24-23(19-10-6-4-7-11-19)25(29-30-27(24)32)20-12-8-5-9-13-20/h4-17H,2-3,18H2,1H3,(H,28,31)(H,30,32). The number of rotatable bonds is 8. The molecule has 1 heterocycles. The summed E-state index contributed by atoms with van der Waals surface area (Å²) >= 11 is 0. The van der Waals surface area contributed by atoms with Crippen LogP contribution in [0.3, 0.4) is 0 Å². The fraction of sp³-hybridized carbons (Fsp3) is 0.148. The normalized spacial score (nSPS) is 10.6. The SMILES string of the molecule is CCCCOc1ccc(NC(=O)c2c(-c3ccccc3)c(-c3ccccc3)n[nH]c2=O)cc1. The molecule has 0 fully saturated rings.